The van der Waals surface area contributed by atoms with Crippen LogP contribution in [0.25, 0.3) is 0 Å². The van der Waals surface area contributed by atoms with Crippen molar-refractivity contribution in [1.82, 2.24) is 0 Å². The molecule has 2 nitrogen and oxygen atoms in total. The number of halogens is 2. The smallest absolute Gasteiger partial charge is 0.264 e. The average molecular weight is 215 g/mol. The van der Waals surface area contributed by atoms with E-state index in [2.05, 4.69) is 0 Å². The van der Waals surface area contributed by atoms with Crippen LogP contribution >= 0.6 is 0 Å². The predicted octanol–water partition coefficient (Wildman–Crippen LogP) is 2.15. The maximum absolute atomic E-state index is 13.0. The summed E-state index contributed by atoms with van der Waals surface area (Å²) in [5.74, 6) is -2.72. The van der Waals surface area contributed by atoms with E-state index < -0.39 is 12.5 Å². The second-order valence-corrected chi connectivity index (χ2v) is 3.82. The zero-order valence-electron chi connectivity index (χ0n) is 8.85. The van der Waals surface area contributed by atoms with Crippen molar-refractivity contribution in [1.29, 1.82) is 0 Å². The van der Waals surface area contributed by atoms with Gasteiger partial charge in [0.15, 0.2) is 0 Å². The Morgan fingerprint density at radius 3 is 2.13 bits per heavy atom. The van der Waals surface area contributed by atoms with E-state index in [1.807, 2.05) is 0 Å². The molecule has 0 aromatic heterocycles. The number of alkyl halides is 2. The van der Waals surface area contributed by atoms with E-state index in [0.717, 1.165) is 0 Å². The largest absolute Gasteiger partial charge is 0.507 e. The van der Waals surface area contributed by atoms with Gasteiger partial charge in [-0.25, -0.2) is 8.78 Å². The number of phenolic OH excluding ortho intramolecular Hbond substituents is 1. The number of hydrogen-bond acceptors (Lipinski definition) is 2. The lowest BCUT2D eigenvalue weighted by molar-refractivity contribution is 0.0114. The highest BCUT2D eigenvalue weighted by molar-refractivity contribution is 5.42. The number of aromatic hydroxyl groups is 1. The molecule has 84 valence electrons. The second-order valence-electron chi connectivity index (χ2n) is 3.82. The molecule has 0 aliphatic heterocycles. The SMILES string of the molecule is Cc1cc(CC(F)(F)CN)cc(C)c1O. The summed E-state index contributed by atoms with van der Waals surface area (Å²) in [6, 6.07) is 3.12. The van der Waals surface area contributed by atoms with Gasteiger partial charge in [0.25, 0.3) is 5.92 Å². The fraction of sp³-hybridized carbons (Fsp3) is 0.455. The van der Waals surface area contributed by atoms with Crippen molar-refractivity contribution in [2.24, 2.45) is 5.73 Å². The quantitative estimate of drug-likeness (QED) is 0.811. The Balaban J connectivity index is 2.98. The molecule has 4 heteroatoms. The van der Waals surface area contributed by atoms with Crippen molar-refractivity contribution in [3.05, 3.63) is 28.8 Å². The summed E-state index contributed by atoms with van der Waals surface area (Å²) < 4.78 is 26.0. The maximum Gasteiger partial charge on any atom is 0.264 e. The highest BCUT2D eigenvalue weighted by Crippen LogP contribution is 2.26. The fourth-order valence-corrected chi connectivity index (χ4v) is 1.52. The molecule has 0 unspecified atom stereocenters. The molecule has 1 rings (SSSR count). The first kappa shape index (κ1) is 11.9. The Morgan fingerprint density at radius 1 is 1.27 bits per heavy atom. The molecule has 0 radical (unpaired) electrons. The minimum absolute atomic E-state index is 0.162. The summed E-state index contributed by atoms with van der Waals surface area (Å²) in [6.45, 7) is 2.71. The van der Waals surface area contributed by atoms with Crippen molar-refractivity contribution < 1.29 is 13.9 Å². The Bertz CT molecular complexity index is 341. The lowest BCUT2D eigenvalue weighted by Gasteiger charge is -2.15. The molecule has 1 aromatic carbocycles. The van der Waals surface area contributed by atoms with Gasteiger partial charge in [0.05, 0.1) is 6.54 Å². The second kappa shape index (κ2) is 4.14. The molecule has 3 N–H and O–H groups in total. The normalized spacial score (nSPS) is 11.8. The zero-order chi connectivity index (χ0) is 11.6. The van der Waals surface area contributed by atoms with Crippen LogP contribution in [0.4, 0.5) is 8.78 Å². The molecule has 0 fully saturated rings. The number of rotatable bonds is 3. The molecule has 0 saturated carbocycles. The first-order valence-electron chi connectivity index (χ1n) is 4.73. The van der Waals surface area contributed by atoms with Crippen molar-refractivity contribution in [2.45, 2.75) is 26.2 Å². The lowest BCUT2D eigenvalue weighted by atomic mass is 10.0. The van der Waals surface area contributed by atoms with Crippen LogP contribution < -0.4 is 5.73 Å². The summed E-state index contributed by atoms with van der Waals surface area (Å²) in [4.78, 5) is 0. The van der Waals surface area contributed by atoms with Gasteiger partial charge in [-0.3, -0.25) is 0 Å². The van der Waals surface area contributed by atoms with Gasteiger partial charge in [0.1, 0.15) is 5.75 Å². The molecule has 0 atom stereocenters. The van der Waals surface area contributed by atoms with E-state index in [4.69, 9.17) is 5.73 Å². The summed E-state index contributed by atoms with van der Waals surface area (Å²) in [6.07, 6.45) is -0.383. The lowest BCUT2D eigenvalue weighted by Crippen LogP contribution is -2.30. The zero-order valence-corrected chi connectivity index (χ0v) is 8.85. The molecule has 0 aliphatic carbocycles. The average Bonchev–Trinajstić information content (AvgIpc) is 2.13. The van der Waals surface area contributed by atoms with Gasteiger partial charge in [-0.05, 0) is 30.5 Å². The fourth-order valence-electron chi connectivity index (χ4n) is 1.52. The molecule has 0 bridgehead atoms. The van der Waals surface area contributed by atoms with Gasteiger partial charge in [0, 0.05) is 6.42 Å². The maximum atomic E-state index is 13.0. The molecule has 0 heterocycles. The van der Waals surface area contributed by atoms with Gasteiger partial charge in [-0.15, -0.1) is 0 Å². The Kier molecular flexibility index (Phi) is 3.29. The van der Waals surface area contributed by atoms with Gasteiger partial charge < -0.3 is 10.8 Å². The molecule has 15 heavy (non-hydrogen) atoms. The van der Waals surface area contributed by atoms with Crippen LogP contribution in [-0.4, -0.2) is 17.6 Å². The number of phenols is 1. The van der Waals surface area contributed by atoms with Crippen LogP contribution in [0.3, 0.4) is 0 Å². The summed E-state index contributed by atoms with van der Waals surface area (Å²) >= 11 is 0. The highest BCUT2D eigenvalue weighted by atomic mass is 19.3. The van der Waals surface area contributed by atoms with E-state index in [9.17, 15) is 13.9 Å². The van der Waals surface area contributed by atoms with E-state index in [1.54, 1.807) is 26.0 Å². The van der Waals surface area contributed by atoms with Crippen LogP contribution in [0.5, 0.6) is 5.75 Å². The Hall–Kier alpha value is -1.16. The summed E-state index contributed by atoms with van der Waals surface area (Å²) in [7, 11) is 0. The van der Waals surface area contributed by atoms with Gasteiger partial charge in [-0.2, -0.15) is 0 Å². The van der Waals surface area contributed by atoms with Crippen LogP contribution in [0.15, 0.2) is 12.1 Å². The minimum Gasteiger partial charge on any atom is -0.507 e. The van der Waals surface area contributed by atoms with Gasteiger partial charge in [-0.1, -0.05) is 12.1 Å². The van der Waals surface area contributed by atoms with Crippen LogP contribution in [-0.2, 0) is 6.42 Å². The number of aryl methyl sites for hydroxylation is 2. The predicted molar refractivity (Wildman–Crippen MR) is 55.3 cm³/mol. The molecular formula is C11H15F2NO. The van der Waals surface area contributed by atoms with Gasteiger partial charge >= 0.3 is 0 Å². The number of hydrogen-bond donors (Lipinski definition) is 2. The first-order valence-corrected chi connectivity index (χ1v) is 4.73. The van der Waals surface area contributed by atoms with Crippen LogP contribution in [0.1, 0.15) is 16.7 Å². The van der Waals surface area contributed by atoms with E-state index >= 15 is 0 Å². The van der Waals surface area contributed by atoms with Gasteiger partial charge in [0.2, 0.25) is 0 Å². The Morgan fingerprint density at radius 2 is 1.73 bits per heavy atom. The number of benzene rings is 1. The van der Waals surface area contributed by atoms with Crippen molar-refractivity contribution in [2.75, 3.05) is 6.54 Å². The third-order valence-corrected chi connectivity index (χ3v) is 2.31. The standard InChI is InChI=1S/C11H15F2NO/c1-7-3-9(4-8(2)10(7)15)5-11(12,13)6-14/h3-4,15H,5-6,14H2,1-2H3. The Labute approximate surface area is 87.7 Å². The third kappa shape index (κ3) is 2.89. The third-order valence-electron chi connectivity index (χ3n) is 2.31. The van der Waals surface area contributed by atoms with E-state index in [1.165, 1.54) is 0 Å². The molecular weight excluding hydrogens is 200 g/mol. The van der Waals surface area contributed by atoms with Crippen molar-refractivity contribution >= 4 is 0 Å². The summed E-state index contributed by atoms with van der Waals surface area (Å²) in [5, 5.41) is 9.47. The molecule has 0 saturated heterocycles. The monoisotopic (exact) mass is 215 g/mol. The highest BCUT2D eigenvalue weighted by Gasteiger charge is 2.27. The van der Waals surface area contributed by atoms with E-state index in [-0.39, 0.29) is 12.2 Å². The summed E-state index contributed by atoms with van der Waals surface area (Å²) in [5.41, 5.74) is 6.68. The number of nitrogens with two attached hydrogens (primary N) is 1. The van der Waals surface area contributed by atoms with E-state index in [0.29, 0.717) is 16.7 Å². The molecule has 0 amide bonds. The minimum atomic E-state index is -2.88. The van der Waals surface area contributed by atoms with Crippen LogP contribution in [0, 0.1) is 13.8 Å². The molecule has 0 spiro atoms. The first-order chi connectivity index (χ1) is 6.85. The molecule has 0 aliphatic rings. The van der Waals surface area contributed by atoms with Crippen molar-refractivity contribution in [3.63, 3.8) is 0 Å². The molecule has 1 aromatic rings. The topological polar surface area (TPSA) is 46.2 Å². The van der Waals surface area contributed by atoms with Crippen LogP contribution in [0.2, 0.25) is 0 Å². The van der Waals surface area contributed by atoms with Crippen molar-refractivity contribution in [3.8, 4) is 5.75 Å².